The molecule has 1 aromatic rings. The van der Waals surface area contributed by atoms with Crippen LogP contribution in [-0.2, 0) is 0 Å². The molecule has 118 valence electrons. The van der Waals surface area contributed by atoms with Gasteiger partial charge in [0.1, 0.15) is 11.6 Å². The molecule has 0 unspecified atom stereocenters. The zero-order valence-electron chi connectivity index (χ0n) is 13.1. The molecule has 4 heteroatoms. The Balaban J connectivity index is 2.27. The van der Waals surface area contributed by atoms with Gasteiger partial charge in [0, 0.05) is 37.8 Å². The second kappa shape index (κ2) is 7.85. The van der Waals surface area contributed by atoms with Crippen molar-refractivity contribution < 1.29 is 8.78 Å². The minimum atomic E-state index is -0.405. The van der Waals surface area contributed by atoms with E-state index in [2.05, 4.69) is 17.1 Å². The van der Waals surface area contributed by atoms with Crippen LogP contribution in [0.15, 0.2) is 12.1 Å². The predicted octanol–water partition coefficient (Wildman–Crippen LogP) is 3.80. The van der Waals surface area contributed by atoms with E-state index >= 15 is 0 Å². The van der Waals surface area contributed by atoms with E-state index in [9.17, 15) is 8.78 Å². The molecule has 2 rings (SSSR count). The fourth-order valence-corrected chi connectivity index (χ4v) is 3.07. The van der Waals surface area contributed by atoms with Crippen LogP contribution in [0, 0.1) is 18.6 Å². The van der Waals surface area contributed by atoms with Gasteiger partial charge >= 0.3 is 0 Å². The molecular formula is C17H26F2N2. The number of benzene rings is 1. The molecule has 1 saturated heterocycles. The number of halogens is 2. The highest BCUT2D eigenvalue weighted by Gasteiger charge is 2.27. The SMILES string of the molecule is CCCCC[C@@H](c1c(F)ccc(C)c1F)N1CCNCC1. The summed E-state index contributed by atoms with van der Waals surface area (Å²) < 4.78 is 28.8. The molecule has 0 saturated carbocycles. The van der Waals surface area contributed by atoms with Crippen molar-refractivity contribution in [2.45, 2.75) is 45.6 Å². The molecule has 1 aliphatic heterocycles. The molecule has 1 aromatic carbocycles. The lowest BCUT2D eigenvalue weighted by Crippen LogP contribution is -2.45. The predicted molar refractivity (Wildman–Crippen MR) is 82.4 cm³/mol. The molecule has 1 aliphatic rings. The van der Waals surface area contributed by atoms with E-state index in [1.807, 2.05) is 0 Å². The Labute approximate surface area is 126 Å². The van der Waals surface area contributed by atoms with Crippen LogP contribution < -0.4 is 5.32 Å². The summed E-state index contributed by atoms with van der Waals surface area (Å²) >= 11 is 0. The fraction of sp³-hybridized carbons (Fsp3) is 0.647. The van der Waals surface area contributed by atoms with Gasteiger partial charge in [-0.05, 0) is 25.0 Å². The minimum absolute atomic E-state index is 0.140. The Hall–Kier alpha value is -1.00. The normalized spacial score (nSPS) is 17.9. The topological polar surface area (TPSA) is 15.3 Å². The van der Waals surface area contributed by atoms with Crippen LogP contribution in [0.3, 0.4) is 0 Å². The van der Waals surface area contributed by atoms with Gasteiger partial charge in [0.25, 0.3) is 0 Å². The number of unbranched alkanes of at least 4 members (excludes halogenated alkanes) is 2. The summed E-state index contributed by atoms with van der Waals surface area (Å²) in [5.41, 5.74) is 0.801. The molecule has 1 heterocycles. The molecule has 1 fully saturated rings. The van der Waals surface area contributed by atoms with Gasteiger partial charge in [0.2, 0.25) is 0 Å². The van der Waals surface area contributed by atoms with Crippen molar-refractivity contribution in [1.29, 1.82) is 0 Å². The maximum Gasteiger partial charge on any atom is 0.133 e. The Morgan fingerprint density at radius 1 is 1.19 bits per heavy atom. The largest absolute Gasteiger partial charge is 0.314 e. The lowest BCUT2D eigenvalue weighted by Gasteiger charge is -2.35. The van der Waals surface area contributed by atoms with Crippen LogP contribution in [0.2, 0.25) is 0 Å². The van der Waals surface area contributed by atoms with E-state index < -0.39 is 5.82 Å². The highest BCUT2D eigenvalue weighted by atomic mass is 19.1. The quantitative estimate of drug-likeness (QED) is 0.803. The van der Waals surface area contributed by atoms with Crippen molar-refractivity contribution in [2.24, 2.45) is 0 Å². The molecule has 21 heavy (non-hydrogen) atoms. The van der Waals surface area contributed by atoms with Crippen molar-refractivity contribution in [2.75, 3.05) is 26.2 Å². The number of hydrogen-bond acceptors (Lipinski definition) is 2. The zero-order valence-corrected chi connectivity index (χ0v) is 13.1. The Morgan fingerprint density at radius 3 is 2.57 bits per heavy atom. The zero-order chi connectivity index (χ0) is 15.2. The third-order valence-corrected chi connectivity index (χ3v) is 4.33. The van der Waals surface area contributed by atoms with Gasteiger partial charge in [-0.1, -0.05) is 32.3 Å². The molecule has 2 nitrogen and oxygen atoms in total. The first-order chi connectivity index (χ1) is 10.1. The Bertz CT molecular complexity index is 456. The van der Waals surface area contributed by atoms with Crippen molar-refractivity contribution in [3.8, 4) is 0 Å². The smallest absolute Gasteiger partial charge is 0.133 e. The Kier molecular flexibility index (Phi) is 6.12. The fourth-order valence-electron chi connectivity index (χ4n) is 3.07. The monoisotopic (exact) mass is 296 g/mol. The molecule has 1 atom stereocenters. The first-order valence-electron chi connectivity index (χ1n) is 8.04. The van der Waals surface area contributed by atoms with Crippen LogP contribution in [0.25, 0.3) is 0 Å². The molecular weight excluding hydrogens is 270 g/mol. The summed E-state index contributed by atoms with van der Waals surface area (Å²) in [6.07, 6.45) is 4.06. The van der Waals surface area contributed by atoms with E-state index in [1.54, 1.807) is 6.92 Å². The van der Waals surface area contributed by atoms with Crippen LogP contribution in [-0.4, -0.2) is 31.1 Å². The second-order valence-electron chi connectivity index (χ2n) is 5.89. The van der Waals surface area contributed by atoms with Gasteiger partial charge in [-0.25, -0.2) is 8.78 Å². The molecule has 0 spiro atoms. The highest BCUT2D eigenvalue weighted by molar-refractivity contribution is 5.29. The maximum absolute atomic E-state index is 14.5. The van der Waals surface area contributed by atoms with Gasteiger partial charge in [-0.15, -0.1) is 0 Å². The molecule has 1 N–H and O–H groups in total. The number of aryl methyl sites for hydroxylation is 1. The lowest BCUT2D eigenvalue weighted by atomic mass is 9.95. The molecule has 0 aliphatic carbocycles. The first-order valence-corrected chi connectivity index (χ1v) is 8.04. The molecule has 0 radical (unpaired) electrons. The Morgan fingerprint density at radius 2 is 1.90 bits per heavy atom. The summed E-state index contributed by atoms with van der Waals surface area (Å²) in [6, 6.07) is 2.79. The number of nitrogens with one attached hydrogen (secondary N) is 1. The van der Waals surface area contributed by atoms with Crippen molar-refractivity contribution in [3.05, 3.63) is 34.9 Å². The summed E-state index contributed by atoms with van der Waals surface area (Å²) in [5.74, 6) is -0.770. The summed E-state index contributed by atoms with van der Waals surface area (Å²) in [5, 5.41) is 3.30. The van der Waals surface area contributed by atoms with Crippen LogP contribution in [0.1, 0.15) is 49.8 Å². The summed E-state index contributed by atoms with van der Waals surface area (Å²) in [7, 11) is 0. The standard InChI is InChI=1S/C17H26F2N2/c1-3-4-5-6-15(21-11-9-20-10-12-21)16-14(18)8-7-13(2)17(16)19/h7-8,15,20H,3-6,9-12H2,1-2H3/t15-/m0/s1. The molecule has 0 aromatic heterocycles. The summed E-state index contributed by atoms with van der Waals surface area (Å²) in [6.45, 7) is 7.33. The second-order valence-corrected chi connectivity index (χ2v) is 5.89. The number of rotatable bonds is 6. The van der Waals surface area contributed by atoms with Gasteiger partial charge in [-0.3, -0.25) is 4.90 Å². The van der Waals surface area contributed by atoms with Crippen molar-refractivity contribution in [1.82, 2.24) is 10.2 Å². The first kappa shape index (κ1) is 16.4. The highest BCUT2D eigenvalue weighted by Crippen LogP contribution is 2.32. The van der Waals surface area contributed by atoms with E-state index in [4.69, 9.17) is 0 Å². The van der Waals surface area contributed by atoms with E-state index in [0.717, 1.165) is 51.9 Å². The van der Waals surface area contributed by atoms with Gasteiger partial charge in [0.15, 0.2) is 0 Å². The van der Waals surface area contributed by atoms with E-state index in [0.29, 0.717) is 5.56 Å². The van der Waals surface area contributed by atoms with Gasteiger partial charge in [-0.2, -0.15) is 0 Å². The van der Waals surface area contributed by atoms with Crippen molar-refractivity contribution >= 4 is 0 Å². The van der Waals surface area contributed by atoms with E-state index in [1.165, 1.54) is 12.1 Å². The average Bonchev–Trinajstić information content (AvgIpc) is 2.51. The molecule has 0 amide bonds. The third-order valence-electron chi connectivity index (χ3n) is 4.33. The minimum Gasteiger partial charge on any atom is -0.314 e. The van der Waals surface area contributed by atoms with Crippen LogP contribution in [0.4, 0.5) is 8.78 Å². The maximum atomic E-state index is 14.5. The lowest BCUT2D eigenvalue weighted by molar-refractivity contribution is 0.156. The van der Waals surface area contributed by atoms with Crippen LogP contribution >= 0.6 is 0 Å². The number of nitrogens with zero attached hydrogens (tertiary/aromatic N) is 1. The van der Waals surface area contributed by atoms with Crippen molar-refractivity contribution in [3.63, 3.8) is 0 Å². The summed E-state index contributed by atoms with van der Waals surface area (Å²) in [4.78, 5) is 2.23. The van der Waals surface area contributed by atoms with Crippen LogP contribution in [0.5, 0.6) is 0 Å². The number of piperazine rings is 1. The van der Waals surface area contributed by atoms with E-state index in [-0.39, 0.29) is 17.4 Å². The number of hydrogen-bond donors (Lipinski definition) is 1. The van der Waals surface area contributed by atoms with Gasteiger partial charge in [0.05, 0.1) is 0 Å². The third kappa shape index (κ3) is 4.01. The average molecular weight is 296 g/mol. The molecule has 0 bridgehead atoms. The van der Waals surface area contributed by atoms with Gasteiger partial charge < -0.3 is 5.32 Å².